The Morgan fingerprint density at radius 1 is 1.03 bits per heavy atom. The molecular formula is C26H31N5O4S. The zero-order chi connectivity index (χ0) is 25.9. The van der Waals surface area contributed by atoms with Gasteiger partial charge in [-0.2, -0.15) is 4.31 Å². The summed E-state index contributed by atoms with van der Waals surface area (Å²) >= 11 is 0. The Labute approximate surface area is 212 Å². The standard InChI is InChI=1S/C26H31N5O4S/c1-26(2,3)21-6-9-23(10-7-21)36(34,35)30-15-13-29(14-16-30)22-8-11-25(31(32)33)24(17-22)28-19-20-5-4-12-27-18-20/h4-12,17-18,28H,13-16,19H2,1-3H3. The van der Waals surface area contributed by atoms with E-state index in [-0.39, 0.29) is 11.1 Å². The number of nitrogens with one attached hydrogen (secondary N) is 1. The van der Waals surface area contributed by atoms with Gasteiger partial charge in [-0.1, -0.05) is 39.0 Å². The molecule has 0 atom stereocenters. The molecule has 1 aliphatic heterocycles. The molecule has 0 bridgehead atoms. The van der Waals surface area contributed by atoms with Crippen LogP contribution in [0.5, 0.6) is 0 Å². The second-order valence-corrected chi connectivity index (χ2v) is 11.8. The molecule has 2 heterocycles. The number of nitrogens with zero attached hydrogens (tertiary/aromatic N) is 4. The van der Waals surface area contributed by atoms with Crippen LogP contribution in [-0.2, 0) is 22.0 Å². The lowest BCUT2D eigenvalue weighted by atomic mass is 9.87. The molecule has 36 heavy (non-hydrogen) atoms. The first-order chi connectivity index (χ1) is 17.1. The number of anilines is 2. The third-order valence-corrected chi connectivity index (χ3v) is 8.26. The Morgan fingerprint density at radius 2 is 1.72 bits per heavy atom. The van der Waals surface area contributed by atoms with Gasteiger partial charge in [0.1, 0.15) is 5.69 Å². The molecule has 1 N–H and O–H groups in total. The van der Waals surface area contributed by atoms with Gasteiger partial charge in [-0.05, 0) is 46.9 Å². The van der Waals surface area contributed by atoms with Crippen molar-refractivity contribution in [2.45, 2.75) is 37.6 Å². The predicted molar refractivity (Wildman–Crippen MR) is 141 cm³/mol. The number of aromatic nitrogens is 1. The first-order valence-electron chi connectivity index (χ1n) is 11.8. The summed E-state index contributed by atoms with van der Waals surface area (Å²) < 4.78 is 27.9. The minimum absolute atomic E-state index is 0.0115. The van der Waals surface area contributed by atoms with Crippen LogP contribution in [0.15, 0.2) is 71.9 Å². The van der Waals surface area contributed by atoms with E-state index in [9.17, 15) is 18.5 Å². The lowest BCUT2D eigenvalue weighted by molar-refractivity contribution is -0.384. The number of sulfonamides is 1. The number of rotatable bonds is 7. The van der Waals surface area contributed by atoms with Gasteiger partial charge in [0.2, 0.25) is 10.0 Å². The highest BCUT2D eigenvalue weighted by Crippen LogP contribution is 2.31. The van der Waals surface area contributed by atoms with Crippen molar-refractivity contribution in [1.29, 1.82) is 0 Å². The smallest absolute Gasteiger partial charge is 0.292 e. The van der Waals surface area contributed by atoms with Crippen LogP contribution in [0, 0.1) is 10.1 Å². The summed E-state index contributed by atoms with van der Waals surface area (Å²) in [7, 11) is -3.60. The lowest BCUT2D eigenvalue weighted by Gasteiger charge is -2.35. The van der Waals surface area contributed by atoms with Crippen molar-refractivity contribution in [3.8, 4) is 0 Å². The van der Waals surface area contributed by atoms with Crippen LogP contribution in [0.1, 0.15) is 31.9 Å². The van der Waals surface area contributed by atoms with Crippen LogP contribution in [0.25, 0.3) is 0 Å². The molecule has 1 aromatic heterocycles. The van der Waals surface area contributed by atoms with E-state index in [1.54, 1.807) is 36.7 Å². The maximum Gasteiger partial charge on any atom is 0.292 e. The minimum atomic E-state index is -3.60. The molecule has 0 spiro atoms. The Bertz CT molecular complexity index is 1310. The van der Waals surface area contributed by atoms with E-state index >= 15 is 0 Å². The number of piperazine rings is 1. The number of pyridine rings is 1. The first-order valence-corrected chi connectivity index (χ1v) is 13.3. The van der Waals surface area contributed by atoms with E-state index in [2.05, 4.69) is 31.1 Å². The van der Waals surface area contributed by atoms with Crippen LogP contribution in [0.2, 0.25) is 0 Å². The molecule has 9 nitrogen and oxygen atoms in total. The van der Waals surface area contributed by atoms with Gasteiger partial charge in [-0.25, -0.2) is 8.42 Å². The zero-order valence-corrected chi connectivity index (χ0v) is 21.5. The average molecular weight is 510 g/mol. The first kappa shape index (κ1) is 25.6. The fourth-order valence-electron chi connectivity index (χ4n) is 4.18. The van der Waals surface area contributed by atoms with E-state index in [0.717, 1.165) is 16.8 Å². The molecule has 3 aromatic rings. The summed E-state index contributed by atoms with van der Waals surface area (Å²) in [4.78, 5) is 17.6. The molecule has 0 aliphatic carbocycles. The summed E-state index contributed by atoms with van der Waals surface area (Å²) in [5.41, 5.74) is 3.15. The molecule has 0 amide bonds. The van der Waals surface area contributed by atoms with Gasteiger partial charge in [0.15, 0.2) is 0 Å². The van der Waals surface area contributed by atoms with Crippen molar-refractivity contribution >= 4 is 27.1 Å². The topological polar surface area (TPSA) is 109 Å². The lowest BCUT2D eigenvalue weighted by Crippen LogP contribution is -2.48. The maximum absolute atomic E-state index is 13.2. The second kappa shape index (κ2) is 10.2. The quantitative estimate of drug-likeness (QED) is 0.371. The fourth-order valence-corrected chi connectivity index (χ4v) is 5.61. The molecule has 4 rings (SSSR count). The highest BCUT2D eigenvalue weighted by molar-refractivity contribution is 7.89. The number of hydrogen-bond donors (Lipinski definition) is 1. The van der Waals surface area contributed by atoms with Gasteiger partial charge in [0.25, 0.3) is 5.69 Å². The normalized spacial score (nSPS) is 15.0. The van der Waals surface area contributed by atoms with E-state index in [1.165, 1.54) is 10.4 Å². The molecule has 0 unspecified atom stereocenters. The van der Waals surface area contributed by atoms with Crippen molar-refractivity contribution in [2.75, 3.05) is 36.4 Å². The summed E-state index contributed by atoms with van der Waals surface area (Å²) in [5, 5.41) is 14.7. The molecule has 1 aliphatic rings. The highest BCUT2D eigenvalue weighted by atomic mass is 32.2. The van der Waals surface area contributed by atoms with Crippen LogP contribution in [0.4, 0.5) is 17.1 Å². The Morgan fingerprint density at radius 3 is 2.31 bits per heavy atom. The van der Waals surface area contributed by atoms with Gasteiger partial charge < -0.3 is 10.2 Å². The summed E-state index contributed by atoms with van der Waals surface area (Å²) in [6, 6.07) is 15.8. The average Bonchev–Trinajstić information content (AvgIpc) is 2.87. The zero-order valence-electron chi connectivity index (χ0n) is 20.7. The predicted octanol–water partition coefficient (Wildman–Crippen LogP) is 4.41. The molecule has 2 aromatic carbocycles. The molecule has 10 heteroatoms. The van der Waals surface area contributed by atoms with Crippen molar-refractivity contribution in [3.05, 3.63) is 88.2 Å². The number of nitro benzene ring substituents is 1. The van der Waals surface area contributed by atoms with Gasteiger partial charge in [0.05, 0.1) is 9.82 Å². The largest absolute Gasteiger partial charge is 0.375 e. The molecule has 190 valence electrons. The van der Waals surface area contributed by atoms with Gasteiger partial charge in [0, 0.05) is 56.9 Å². The van der Waals surface area contributed by atoms with Crippen molar-refractivity contribution < 1.29 is 13.3 Å². The molecular weight excluding hydrogens is 478 g/mol. The van der Waals surface area contributed by atoms with E-state index in [0.29, 0.717) is 43.3 Å². The molecule has 0 radical (unpaired) electrons. The third-order valence-electron chi connectivity index (χ3n) is 6.34. The number of nitro groups is 1. The Balaban J connectivity index is 1.46. The molecule has 1 fully saturated rings. The van der Waals surface area contributed by atoms with Crippen molar-refractivity contribution in [1.82, 2.24) is 9.29 Å². The van der Waals surface area contributed by atoms with Crippen LogP contribution < -0.4 is 10.2 Å². The monoisotopic (exact) mass is 509 g/mol. The SMILES string of the molecule is CC(C)(C)c1ccc(S(=O)(=O)N2CCN(c3ccc([N+](=O)[O-])c(NCc4cccnc4)c3)CC2)cc1. The number of hydrogen-bond acceptors (Lipinski definition) is 7. The summed E-state index contributed by atoms with van der Waals surface area (Å²) in [5.74, 6) is 0. The Kier molecular flexibility index (Phi) is 7.28. The van der Waals surface area contributed by atoms with Crippen molar-refractivity contribution in [2.24, 2.45) is 0 Å². The van der Waals surface area contributed by atoms with Gasteiger partial charge in [-0.3, -0.25) is 15.1 Å². The third kappa shape index (κ3) is 5.66. The number of benzene rings is 2. The van der Waals surface area contributed by atoms with E-state index in [4.69, 9.17) is 0 Å². The van der Waals surface area contributed by atoms with Crippen LogP contribution >= 0.6 is 0 Å². The fraction of sp³-hybridized carbons (Fsp3) is 0.346. The minimum Gasteiger partial charge on any atom is -0.375 e. The van der Waals surface area contributed by atoms with Crippen LogP contribution in [0.3, 0.4) is 0 Å². The molecule has 0 saturated carbocycles. The Hall–Kier alpha value is -3.50. The van der Waals surface area contributed by atoms with Crippen LogP contribution in [-0.4, -0.2) is 48.8 Å². The highest BCUT2D eigenvalue weighted by Gasteiger charge is 2.29. The van der Waals surface area contributed by atoms with E-state index < -0.39 is 14.9 Å². The molecule has 1 saturated heterocycles. The van der Waals surface area contributed by atoms with Gasteiger partial charge >= 0.3 is 0 Å². The summed E-state index contributed by atoms with van der Waals surface area (Å²) in [6.45, 7) is 8.31. The van der Waals surface area contributed by atoms with Crippen molar-refractivity contribution in [3.63, 3.8) is 0 Å². The second-order valence-electron chi connectivity index (χ2n) is 9.84. The maximum atomic E-state index is 13.2. The summed E-state index contributed by atoms with van der Waals surface area (Å²) in [6.07, 6.45) is 3.38. The van der Waals surface area contributed by atoms with E-state index in [1.807, 2.05) is 29.2 Å². The van der Waals surface area contributed by atoms with Gasteiger partial charge in [-0.15, -0.1) is 0 Å².